The number of pyridine rings is 1. The molecule has 3 atom stereocenters. The van der Waals surface area contributed by atoms with Crippen LogP contribution in [0.1, 0.15) is 49.1 Å². The van der Waals surface area contributed by atoms with Crippen LogP contribution in [0.4, 0.5) is 0 Å². The van der Waals surface area contributed by atoms with Crippen LogP contribution in [0.25, 0.3) is 0 Å². The molecule has 0 aliphatic carbocycles. The van der Waals surface area contributed by atoms with Crippen LogP contribution in [0.15, 0.2) is 41.3 Å². The standard InChI is InChI=1S/C20H20N4O9/c1-20(2)19(26)18(14-9-12(11-21)3-4-16(14)32-20)22-7-5-13(10-17(22)25)15(33-24(29)30)6-8-31-23(27)28/h3-5,7,9-10,15,18-19,26H,6,8H2,1-2H3. The van der Waals surface area contributed by atoms with E-state index in [0.29, 0.717) is 16.9 Å². The van der Waals surface area contributed by atoms with Crippen molar-refractivity contribution in [2.24, 2.45) is 0 Å². The summed E-state index contributed by atoms with van der Waals surface area (Å²) in [4.78, 5) is 43.0. The average molecular weight is 460 g/mol. The lowest BCUT2D eigenvalue weighted by molar-refractivity contribution is -0.776. The van der Waals surface area contributed by atoms with E-state index in [0.717, 1.165) is 6.07 Å². The lowest BCUT2D eigenvalue weighted by Crippen LogP contribution is -2.52. The smallest absolute Gasteiger partial charge is 0.295 e. The molecule has 13 heteroatoms. The topological polar surface area (TPSA) is 180 Å². The van der Waals surface area contributed by atoms with Crippen LogP contribution >= 0.6 is 0 Å². The van der Waals surface area contributed by atoms with Crippen molar-refractivity contribution in [2.45, 2.75) is 44.1 Å². The molecular weight excluding hydrogens is 440 g/mol. The third-order valence-corrected chi connectivity index (χ3v) is 5.28. The average Bonchev–Trinajstić information content (AvgIpc) is 2.73. The van der Waals surface area contributed by atoms with E-state index in [1.165, 1.54) is 22.9 Å². The highest BCUT2D eigenvalue weighted by atomic mass is 17.0. The van der Waals surface area contributed by atoms with E-state index >= 15 is 0 Å². The monoisotopic (exact) mass is 460 g/mol. The molecule has 2 aromatic rings. The lowest BCUT2D eigenvalue weighted by atomic mass is 9.85. The molecule has 0 saturated heterocycles. The van der Waals surface area contributed by atoms with Crippen molar-refractivity contribution < 1.29 is 29.7 Å². The summed E-state index contributed by atoms with van der Waals surface area (Å²) < 4.78 is 7.08. The zero-order valence-corrected chi connectivity index (χ0v) is 17.6. The number of aromatic nitrogens is 1. The minimum Gasteiger partial charge on any atom is -0.485 e. The van der Waals surface area contributed by atoms with Gasteiger partial charge in [0.05, 0.1) is 24.3 Å². The maximum absolute atomic E-state index is 13.0. The molecule has 1 aliphatic rings. The number of aliphatic hydroxyl groups is 1. The quantitative estimate of drug-likeness (QED) is 0.450. The summed E-state index contributed by atoms with van der Waals surface area (Å²) in [5, 5.41) is 39.3. The van der Waals surface area contributed by atoms with Crippen LogP contribution < -0.4 is 10.3 Å². The zero-order valence-electron chi connectivity index (χ0n) is 17.6. The summed E-state index contributed by atoms with van der Waals surface area (Å²) in [5.41, 5.74) is -0.847. The summed E-state index contributed by atoms with van der Waals surface area (Å²) in [7, 11) is 0. The molecule has 1 aliphatic heterocycles. The van der Waals surface area contributed by atoms with Gasteiger partial charge in [-0.25, -0.2) is 0 Å². The molecule has 0 fully saturated rings. The Morgan fingerprint density at radius 3 is 2.61 bits per heavy atom. The molecule has 2 heterocycles. The highest BCUT2D eigenvalue weighted by Gasteiger charge is 2.44. The summed E-state index contributed by atoms with van der Waals surface area (Å²) >= 11 is 0. The van der Waals surface area contributed by atoms with E-state index < -0.39 is 46.2 Å². The molecule has 0 saturated carbocycles. The number of aliphatic hydroxyl groups excluding tert-OH is 1. The third kappa shape index (κ3) is 5.01. The van der Waals surface area contributed by atoms with Crippen molar-refractivity contribution in [1.29, 1.82) is 5.26 Å². The molecule has 0 amide bonds. The molecule has 3 rings (SSSR count). The van der Waals surface area contributed by atoms with Gasteiger partial charge in [-0.05, 0) is 43.7 Å². The first-order valence-electron chi connectivity index (χ1n) is 9.75. The van der Waals surface area contributed by atoms with Crippen LogP contribution in [0.2, 0.25) is 0 Å². The van der Waals surface area contributed by atoms with Crippen molar-refractivity contribution in [3.05, 3.63) is 83.8 Å². The number of rotatable bonds is 8. The third-order valence-electron chi connectivity index (χ3n) is 5.28. The number of nitrogens with zero attached hydrogens (tertiary/aromatic N) is 4. The molecule has 1 N–H and O–H groups in total. The molecule has 0 radical (unpaired) electrons. The normalized spacial score (nSPS) is 19.3. The Balaban J connectivity index is 2.02. The number of hydrogen-bond acceptors (Lipinski definition) is 10. The van der Waals surface area contributed by atoms with Gasteiger partial charge >= 0.3 is 0 Å². The van der Waals surface area contributed by atoms with Crippen molar-refractivity contribution in [1.82, 2.24) is 4.57 Å². The predicted octanol–water partition coefficient (Wildman–Crippen LogP) is 1.69. The Bertz CT molecular complexity index is 1170. The molecule has 174 valence electrons. The second-order valence-electron chi connectivity index (χ2n) is 7.83. The largest absolute Gasteiger partial charge is 0.485 e. The first kappa shape index (κ1) is 23.5. The van der Waals surface area contributed by atoms with Gasteiger partial charge in [0.2, 0.25) is 0 Å². The van der Waals surface area contributed by atoms with Crippen LogP contribution in [-0.2, 0) is 9.68 Å². The van der Waals surface area contributed by atoms with E-state index in [4.69, 9.17) is 4.74 Å². The highest BCUT2D eigenvalue weighted by Crippen LogP contribution is 2.41. The Hall–Kier alpha value is -4.18. The Morgan fingerprint density at radius 2 is 2.00 bits per heavy atom. The first-order valence-corrected chi connectivity index (χ1v) is 9.75. The van der Waals surface area contributed by atoms with Gasteiger partial charge in [-0.1, -0.05) is 0 Å². The molecular formula is C20H20N4O9. The fourth-order valence-corrected chi connectivity index (χ4v) is 3.69. The van der Waals surface area contributed by atoms with Gasteiger partial charge in [0, 0.05) is 24.2 Å². The number of benzene rings is 1. The maximum Gasteiger partial charge on any atom is 0.295 e. The highest BCUT2D eigenvalue weighted by molar-refractivity contribution is 5.46. The fourth-order valence-electron chi connectivity index (χ4n) is 3.69. The van der Waals surface area contributed by atoms with E-state index in [9.17, 15) is 35.4 Å². The second-order valence-corrected chi connectivity index (χ2v) is 7.83. The molecule has 0 bridgehead atoms. The van der Waals surface area contributed by atoms with E-state index in [-0.39, 0.29) is 12.0 Å². The van der Waals surface area contributed by atoms with Gasteiger partial charge in [0.15, 0.2) is 0 Å². The summed E-state index contributed by atoms with van der Waals surface area (Å²) in [6, 6.07) is 8.23. The molecule has 13 nitrogen and oxygen atoms in total. The second kappa shape index (κ2) is 9.13. The number of fused-ring (bicyclic) bond motifs is 1. The van der Waals surface area contributed by atoms with Crippen molar-refractivity contribution in [3.8, 4) is 11.8 Å². The van der Waals surface area contributed by atoms with Crippen molar-refractivity contribution in [3.63, 3.8) is 0 Å². The Morgan fingerprint density at radius 1 is 1.27 bits per heavy atom. The molecule has 33 heavy (non-hydrogen) atoms. The van der Waals surface area contributed by atoms with Gasteiger partial charge in [-0.3, -0.25) is 4.79 Å². The van der Waals surface area contributed by atoms with E-state index in [2.05, 4.69) is 9.68 Å². The molecule has 1 aromatic heterocycles. The van der Waals surface area contributed by atoms with E-state index in [1.807, 2.05) is 6.07 Å². The number of nitriles is 1. The van der Waals surface area contributed by atoms with Crippen LogP contribution in [0, 0.1) is 31.6 Å². The zero-order chi connectivity index (χ0) is 24.3. The first-order chi connectivity index (χ1) is 15.5. The summed E-state index contributed by atoms with van der Waals surface area (Å²) in [5.74, 6) is 0.400. The summed E-state index contributed by atoms with van der Waals surface area (Å²) in [6.07, 6.45) is -1.38. The molecule has 3 unspecified atom stereocenters. The minimum absolute atomic E-state index is 0.103. The summed E-state index contributed by atoms with van der Waals surface area (Å²) in [6.45, 7) is 2.83. The van der Waals surface area contributed by atoms with Crippen LogP contribution in [0.5, 0.6) is 5.75 Å². The Labute approximate surface area is 186 Å². The molecule has 1 aromatic carbocycles. The van der Waals surface area contributed by atoms with Crippen LogP contribution in [0.3, 0.4) is 0 Å². The van der Waals surface area contributed by atoms with Gasteiger partial charge < -0.3 is 24.1 Å². The number of hydrogen-bond donors (Lipinski definition) is 1. The van der Waals surface area contributed by atoms with Gasteiger partial charge in [0.25, 0.3) is 15.7 Å². The van der Waals surface area contributed by atoms with Crippen molar-refractivity contribution in [2.75, 3.05) is 6.61 Å². The van der Waals surface area contributed by atoms with E-state index in [1.54, 1.807) is 26.0 Å². The van der Waals surface area contributed by atoms with Gasteiger partial charge in [0.1, 0.15) is 23.6 Å². The Kier molecular flexibility index (Phi) is 6.50. The number of ether oxygens (including phenoxy) is 1. The SMILES string of the molecule is CC1(C)Oc2ccc(C#N)cc2C(n2ccc(C(CCO[N+](=O)[O-])O[N+](=O)[O-])cc2=O)C1O. The predicted molar refractivity (Wildman–Crippen MR) is 109 cm³/mol. The van der Waals surface area contributed by atoms with Crippen LogP contribution in [-0.4, -0.2) is 38.2 Å². The molecule has 0 spiro atoms. The maximum atomic E-state index is 13.0. The minimum atomic E-state index is -1.28. The van der Waals surface area contributed by atoms with Gasteiger partial charge in [-0.15, -0.1) is 20.2 Å². The lowest BCUT2D eigenvalue weighted by Gasteiger charge is -2.42. The fraction of sp³-hybridized carbons (Fsp3) is 0.400. The van der Waals surface area contributed by atoms with Gasteiger partial charge in [-0.2, -0.15) is 5.26 Å². The van der Waals surface area contributed by atoms with Crippen molar-refractivity contribution >= 4 is 0 Å².